The van der Waals surface area contributed by atoms with Gasteiger partial charge in [-0.15, -0.1) is 11.3 Å². The molecule has 182 valence electrons. The molecule has 1 aromatic heterocycles. The number of ether oxygens (including phenoxy) is 2. The van der Waals surface area contributed by atoms with E-state index in [1.54, 1.807) is 3.11 Å². The van der Waals surface area contributed by atoms with Crippen LogP contribution >= 0.6 is 34.2 Å². The molecule has 2 aliphatic rings. The predicted octanol–water partition coefficient (Wildman–Crippen LogP) is 5.64. The van der Waals surface area contributed by atoms with Gasteiger partial charge in [0.25, 0.3) is 5.91 Å². The molecule has 1 aliphatic heterocycles. The number of fused-ring (bicyclic) bond motifs is 1. The number of nitrogens with zero attached hydrogens (tertiary/aromatic N) is 2. The zero-order chi connectivity index (χ0) is 24.4. The number of aryl methyl sites for hydroxylation is 1. The molecule has 0 N–H and O–H groups in total. The SMILES string of the molecule is COC(=O)c1c(C2CCc3ccccc3C2)csc1N(I)C(=O)c1ccc(N2CCOCC2)cc1. The van der Waals surface area contributed by atoms with Crippen molar-refractivity contribution in [1.82, 2.24) is 0 Å². The molecule has 1 unspecified atom stereocenters. The van der Waals surface area contributed by atoms with Gasteiger partial charge >= 0.3 is 5.97 Å². The second kappa shape index (κ2) is 10.7. The van der Waals surface area contributed by atoms with Gasteiger partial charge in [-0.1, -0.05) is 24.3 Å². The summed E-state index contributed by atoms with van der Waals surface area (Å²) >= 11 is 3.43. The predicted molar refractivity (Wildman–Crippen MR) is 147 cm³/mol. The van der Waals surface area contributed by atoms with Crippen molar-refractivity contribution in [2.75, 3.05) is 41.4 Å². The lowest BCUT2D eigenvalue weighted by atomic mass is 9.80. The quantitative estimate of drug-likeness (QED) is 0.215. The molecule has 1 atom stereocenters. The first kappa shape index (κ1) is 24.3. The summed E-state index contributed by atoms with van der Waals surface area (Å²) in [5, 5.41) is 2.65. The van der Waals surface area contributed by atoms with Gasteiger partial charge < -0.3 is 14.4 Å². The second-order valence-electron chi connectivity index (χ2n) is 8.80. The van der Waals surface area contributed by atoms with Crippen LogP contribution < -0.4 is 8.01 Å². The zero-order valence-corrected chi connectivity index (χ0v) is 22.5. The lowest BCUT2D eigenvalue weighted by Gasteiger charge is -2.29. The minimum atomic E-state index is -0.396. The number of morpholine rings is 1. The minimum Gasteiger partial charge on any atom is -0.465 e. The first-order chi connectivity index (χ1) is 17.1. The smallest absolute Gasteiger partial charge is 0.341 e. The summed E-state index contributed by atoms with van der Waals surface area (Å²) in [6, 6.07) is 16.1. The summed E-state index contributed by atoms with van der Waals surface area (Å²) < 4.78 is 12.1. The molecule has 0 saturated carbocycles. The molecule has 2 aromatic carbocycles. The molecule has 1 fully saturated rings. The third kappa shape index (κ3) is 4.96. The molecule has 2 heterocycles. The van der Waals surface area contributed by atoms with Gasteiger partial charge in [0.05, 0.1) is 48.8 Å². The van der Waals surface area contributed by atoms with Crippen molar-refractivity contribution in [2.45, 2.75) is 25.2 Å². The van der Waals surface area contributed by atoms with E-state index in [1.807, 2.05) is 52.5 Å². The Bertz CT molecular complexity index is 1220. The molecule has 3 aromatic rings. The van der Waals surface area contributed by atoms with Gasteiger partial charge in [-0.2, -0.15) is 0 Å². The number of carbonyl (C=O) groups excluding carboxylic acids is 2. The van der Waals surface area contributed by atoms with E-state index in [2.05, 4.69) is 29.2 Å². The van der Waals surface area contributed by atoms with E-state index in [-0.39, 0.29) is 11.8 Å². The van der Waals surface area contributed by atoms with Gasteiger partial charge in [0.1, 0.15) is 5.00 Å². The average Bonchev–Trinajstić information content (AvgIpc) is 3.37. The number of thiophene rings is 1. The summed E-state index contributed by atoms with van der Waals surface area (Å²) in [7, 11) is 1.40. The average molecular weight is 602 g/mol. The molecule has 1 amide bonds. The number of rotatable bonds is 5. The Morgan fingerprint density at radius 2 is 1.80 bits per heavy atom. The van der Waals surface area contributed by atoms with Crippen molar-refractivity contribution in [3.05, 3.63) is 81.7 Å². The van der Waals surface area contributed by atoms with Gasteiger partial charge in [0.2, 0.25) is 0 Å². The van der Waals surface area contributed by atoms with Crippen LogP contribution in [-0.2, 0) is 22.3 Å². The molecule has 0 bridgehead atoms. The Morgan fingerprint density at radius 1 is 1.09 bits per heavy atom. The van der Waals surface area contributed by atoms with E-state index in [1.165, 1.54) is 29.6 Å². The number of carbonyl (C=O) groups is 2. The fraction of sp³-hybridized carbons (Fsp3) is 0.333. The maximum atomic E-state index is 13.4. The van der Waals surface area contributed by atoms with Crippen molar-refractivity contribution in [3.63, 3.8) is 0 Å². The van der Waals surface area contributed by atoms with Crippen LogP contribution in [0, 0.1) is 0 Å². The highest BCUT2D eigenvalue weighted by atomic mass is 127. The third-order valence-corrected chi connectivity index (χ3v) is 9.05. The summed E-state index contributed by atoms with van der Waals surface area (Å²) in [6.07, 6.45) is 2.83. The number of benzene rings is 2. The van der Waals surface area contributed by atoms with Crippen molar-refractivity contribution in [2.24, 2.45) is 0 Å². The largest absolute Gasteiger partial charge is 0.465 e. The molecular weight excluding hydrogens is 575 g/mol. The monoisotopic (exact) mass is 602 g/mol. The van der Waals surface area contributed by atoms with E-state index in [9.17, 15) is 9.59 Å². The molecule has 1 saturated heterocycles. The maximum Gasteiger partial charge on any atom is 0.341 e. The molecule has 0 spiro atoms. The number of anilines is 2. The first-order valence-corrected chi connectivity index (χ1v) is 13.6. The molecular formula is C27H27IN2O4S. The fourth-order valence-electron chi connectivity index (χ4n) is 4.92. The van der Waals surface area contributed by atoms with Crippen LogP contribution in [0.5, 0.6) is 0 Å². The molecule has 5 rings (SSSR count). The number of hydrogen-bond acceptors (Lipinski definition) is 6. The van der Waals surface area contributed by atoms with E-state index >= 15 is 0 Å². The molecule has 8 heteroatoms. The lowest BCUT2D eigenvalue weighted by molar-refractivity contribution is 0.0600. The summed E-state index contributed by atoms with van der Waals surface area (Å²) in [5.74, 6) is -0.337. The Balaban J connectivity index is 1.39. The lowest BCUT2D eigenvalue weighted by Crippen LogP contribution is -2.36. The molecule has 6 nitrogen and oxygen atoms in total. The van der Waals surface area contributed by atoms with E-state index in [4.69, 9.17) is 9.47 Å². The van der Waals surface area contributed by atoms with Crippen LogP contribution in [0.4, 0.5) is 10.7 Å². The zero-order valence-electron chi connectivity index (χ0n) is 19.5. The van der Waals surface area contributed by atoms with E-state index < -0.39 is 5.97 Å². The van der Waals surface area contributed by atoms with Gasteiger partial charge in [-0.25, -0.2) is 7.91 Å². The first-order valence-electron chi connectivity index (χ1n) is 11.8. The standard InChI is InChI=1S/C27H27IN2O4S/c1-33-27(32)24-23(21-7-6-18-4-2-3-5-20(18)16-21)17-35-26(24)30(28)25(31)19-8-10-22(11-9-19)29-12-14-34-15-13-29/h2-5,8-11,17,21H,6-7,12-16H2,1H3. The third-order valence-electron chi connectivity index (χ3n) is 6.82. The maximum absolute atomic E-state index is 13.4. The normalized spacial score (nSPS) is 17.5. The van der Waals surface area contributed by atoms with Crippen LogP contribution in [0.15, 0.2) is 53.9 Å². The van der Waals surface area contributed by atoms with Gasteiger partial charge in [-0.05, 0) is 71.5 Å². The van der Waals surface area contributed by atoms with Crippen LogP contribution in [0.25, 0.3) is 0 Å². The number of amides is 1. The Kier molecular flexibility index (Phi) is 7.40. The molecule has 0 radical (unpaired) electrons. The van der Waals surface area contributed by atoms with Crippen molar-refractivity contribution in [3.8, 4) is 0 Å². The van der Waals surface area contributed by atoms with Crippen LogP contribution in [0.1, 0.15) is 49.7 Å². The summed E-state index contributed by atoms with van der Waals surface area (Å²) in [4.78, 5) is 28.6. The summed E-state index contributed by atoms with van der Waals surface area (Å²) in [6.45, 7) is 3.12. The topological polar surface area (TPSA) is 59.1 Å². The minimum absolute atomic E-state index is 0.160. The van der Waals surface area contributed by atoms with Crippen molar-refractivity contribution >= 4 is 56.8 Å². The van der Waals surface area contributed by atoms with Gasteiger partial charge in [-0.3, -0.25) is 4.79 Å². The molecule has 1 aliphatic carbocycles. The fourth-order valence-corrected chi connectivity index (χ4v) is 6.82. The highest BCUT2D eigenvalue weighted by molar-refractivity contribution is 14.1. The Hall–Kier alpha value is -2.43. The van der Waals surface area contributed by atoms with Crippen molar-refractivity contribution in [1.29, 1.82) is 0 Å². The molecule has 35 heavy (non-hydrogen) atoms. The highest BCUT2D eigenvalue weighted by Crippen LogP contribution is 2.42. The van der Waals surface area contributed by atoms with Gasteiger partial charge in [0.15, 0.2) is 0 Å². The number of halogens is 1. The van der Waals surface area contributed by atoms with E-state index in [0.717, 1.165) is 43.6 Å². The number of esters is 1. The summed E-state index contributed by atoms with van der Waals surface area (Å²) in [5.41, 5.74) is 5.85. The van der Waals surface area contributed by atoms with Crippen LogP contribution in [0.2, 0.25) is 0 Å². The second-order valence-corrected chi connectivity index (χ2v) is 10.6. The Morgan fingerprint density at radius 3 is 2.51 bits per heavy atom. The van der Waals surface area contributed by atoms with Crippen LogP contribution in [0.3, 0.4) is 0 Å². The number of hydrogen-bond donors (Lipinski definition) is 0. The van der Waals surface area contributed by atoms with Gasteiger partial charge in [0, 0.05) is 24.3 Å². The van der Waals surface area contributed by atoms with Crippen molar-refractivity contribution < 1.29 is 19.1 Å². The van der Waals surface area contributed by atoms with E-state index in [0.29, 0.717) is 29.3 Å². The number of methoxy groups -OCH3 is 1. The van der Waals surface area contributed by atoms with Crippen LogP contribution in [-0.4, -0.2) is 45.3 Å². The highest BCUT2D eigenvalue weighted by Gasteiger charge is 2.31. The Labute approximate surface area is 223 Å².